The summed E-state index contributed by atoms with van der Waals surface area (Å²) in [5, 5.41) is 2.38. The number of benzene rings is 8. The van der Waals surface area contributed by atoms with Gasteiger partial charge in [-0.25, -0.2) is 19.9 Å². The van der Waals surface area contributed by atoms with Crippen LogP contribution < -0.4 is 0 Å². The molecule has 0 amide bonds. The fourth-order valence-corrected chi connectivity index (χ4v) is 8.10. The monoisotopic (exact) mass is 742 g/mol. The fraction of sp³-hybridized carbons (Fsp3) is 0. The average molecular weight is 743 g/mol. The van der Waals surface area contributed by atoms with Gasteiger partial charge in [0.1, 0.15) is 5.82 Å². The number of para-hydroxylation sites is 5. The molecule has 58 heavy (non-hydrogen) atoms. The molecule has 0 bridgehead atoms. The van der Waals surface area contributed by atoms with Crippen LogP contribution in [-0.2, 0) is 0 Å². The lowest BCUT2D eigenvalue weighted by molar-refractivity contribution is 1.07. The summed E-state index contributed by atoms with van der Waals surface area (Å²) in [5.41, 5.74) is 12.0. The van der Waals surface area contributed by atoms with Crippen LogP contribution in [-0.4, -0.2) is 29.1 Å². The lowest BCUT2D eigenvalue weighted by atomic mass is 10.0. The van der Waals surface area contributed by atoms with Crippen molar-refractivity contribution < 1.29 is 0 Å². The first-order chi connectivity index (χ1) is 28.8. The SMILES string of the molecule is c1ccc(-c2cccc(-c3nc(-c4ccccc4)nc(-c4ccc(-n5c6ccccc6c6ccccc65)c(-c5nc6ccccc6n5-c5ccccc5)c4)n3)c2)cc1. The van der Waals surface area contributed by atoms with Crippen LogP contribution in [0.1, 0.15) is 0 Å². The quantitative estimate of drug-likeness (QED) is 0.163. The third-order valence-electron chi connectivity index (χ3n) is 10.8. The minimum absolute atomic E-state index is 0.575. The number of imidazole rings is 1. The molecule has 3 heterocycles. The zero-order valence-corrected chi connectivity index (χ0v) is 31.3. The molecule has 0 fully saturated rings. The Morgan fingerprint density at radius 3 is 1.48 bits per heavy atom. The largest absolute Gasteiger partial charge is 0.309 e. The van der Waals surface area contributed by atoms with Crippen LogP contribution >= 0.6 is 0 Å². The summed E-state index contributed by atoms with van der Waals surface area (Å²) >= 11 is 0. The molecule has 0 aliphatic carbocycles. The summed E-state index contributed by atoms with van der Waals surface area (Å²) in [6, 6.07) is 71.5. The third-order valence-corrected chi connectivity index (χ3v) is 10.8. The molecule has 6 nitrogen and oxygen atoms in total. The van der Waals surface area contributed by atoms with Gasteiger partial charge in [-0.1, -0.05) is 146 Å². The topological polar surface area (TPSA) is 61.4 Å². The normalized spacial score (nSPS) is 11.4. The van der Waals surface area contributed by atoms with Gasteiger partial charge in [0.2, 0.25) is 0 Å². The van der Waals surface area contributed by atoms with Crippen LogP contribution in [0.3, 0.4) is 0 Å². The van der Waals surface area contributed by atoms with Gasteiger partial charge in [0, 0.05) is 38.7 Å². The Labute approximate surface area is 335 Å². The summed E-state index contributed by atoms with van der Waals surface area (Å²) < 4.78 is 4.62. The van der Waals surface area contributed by atoms with E-state index < -0.39 is 0 Å². The van der Waals surface area contributed by atoms with E-state index in [2.05, 4.69) is 167 Å². The van der Waals surface area contributed by atoms with Gasteiger partial charge in [-0.2, -0.15) is 0 Å². The van der Waals surface area contributed by atoms with Crippen molar-refractivity contribution in [1.82, 2.24) is 29.1 Å². The Kier molecular flexibility index (Phi) is 8.04. The van der Waals surface area contributed by atoms with Crippen molar-refractivity contribution in [3.05, 3.63) is 206 Å². The van der Waals surface area contributed by atoms with Crippen molar-refractivity contribution in [2.24, 2.45) is 0 Å². The minimum Gasteiger partial charge on any atom is -0.309 e. The van der Waals surface area contributed by atoms with Crippen molar-refractivity contribution in [3.8, 4) is 68.1 Å². The number of hydrogen-bond acceptors (Lipinski definition) is 4. The Balaban J connectivity index is 1.19. The zero-order chi connectivity index (χ0) is 38.4. The lowest BCUT2D eigenvalue weighted by Gasteiger charge is -2.17. The zero-order valence-electron chi connectivity index (χ0n) is 31.3. The maximum absolute atomic E-state index is 5.39. The molecule has 0 aliphatic rings. The first-order valence-electron chi connectivity index (χ1n) is 19.4. The molecule has 0 atom stereocenters. The maximum atomic E-state index is 5.39. The molecule has 0 N–H and O–H groups in total. The van der Waals surface area contributed by atoms with Gasteiger partial charge in [-0.3, -0.25) is 4.57 Å². The van der Waals surface area contributed by atoms with Gasteiger partial charge in [0.25, 0.3) is 0 Å². The second-order valence-electron chi connectivity index (χ2n) is 14.3. The molecule has 6 heteroatoms. The van der Waals surface area contributed by atoms with E-state index in [-0.39, 0.29) is 0 Å². The Hall–Kier alpha value is -7.96. The number of aromatic nitrogens is 6. The predicted octanol–water partition coefficient (Wildman–Crippen LogP) is 12.6. The summed E-state index contributed by atoms with van der Waals surface area (Å²) in [5.74, 6) is 2.60. The molecule has 0 spiro atoms. The second kappa shape index (κ2) is 14.0. The van der Waals surface area contributed by atoms with E-state index in [0.717, 1.165) is 72.6 Å². The number of nitrogens with zero attached hydrogens (tertiary/aromatic N) is 6. The molecule has 8 aromatic carbocycles. The summed E-state index contributed by atoms with van der Waals surface area (Å²) in [6.45, 7) is 0. The summed E-state index contributed by atoms with van der Waals surface area (Å²) in [7, 11) is 0. The third kappa shape index (κ3) is 5.74. The standard InChI is InChI=1S/C52H34N6/c1-4-17-35(18-5-1)37-21-16-22-38(33-37)50-54-49(36-19-6-2-7-20-36)55-51(56-50)39-31-32-47(58-45-28-13-10-25-41(45)42-26-11-14-29-46(42)58)43(34-39)52-53-44-27-12-15-30-48(44)57(52)40-23-8-3-9-24-40/h1-34H. The van der Waals surface area contributed by atoms with Crippen molar-refractivity contribution in [2.75, 3.05) is 0 Å². The first kappa shape index (κ1) is 33.4. The number of rotatable bonds is 7. The molecule has 0 saturated carbocycles. The van der Waals surface area contributed by atoms with E-state index in [1.54, 1.807) is 0 Å². The van der Waals surface area contributed by atoms with Crippen LogP contribution in [0.5, 0.6) is 0 Å². The lowest BCUT2D eigenvalue weighted by Crippen LogP contribution is -2.04. The number of hydrogen-bond donors (Lipinski definition) is 0. The van der Waals surface area contributed by atoms with Crippen LogP contribution in [0.2, 0.25) is 0 Å². The smallest absolute Gasteiger partial charge is 0.164 e. The summed E-state index contributed by atoms with van der Waals surface area (Å²) in [4.78, 5) is 20.9. The van der Waals surface area contributed by atoms with Gasteiger partial charge in [0.05, 0.1) is 27.8 Å². The highest BCUT2D eigenvalue weighted by atomic mass is 15.1. The van der Waals surface area contributed by atoms with Crippen LogP contribution in [0.4, 0.5) is 0 Å². The highest BCUT2D eigenvalue weighted by Gasteiger charge is 2.23. The van der Waals surface area contributed by atoms with E-state index >= 15 is 0 Å². The molecule has 11 aromatic rings. The second-order valence-corrected chi connectivity index (χ2v) is 14.3. The Bertz CT molecular complexity index is 3220. The highest BCUT2D eigenvalue weighted by Crippen LogP contribution is 2.40. The molecule has 0 aliphatic heterocycles. The highest BCUT2D eigenvalue weighted by molar-refractivity contribution is 6.09. The molecule has 0 unspecified atom stereocenters. The van der Waals surface area contributed by atoms with E-state index in [9.17, 15) is 0 Å². The van der Waals surface area contributed by atoms with Crippen LogP contribution in [0, 0.1) is 0 Å². The van der Waals surface area contributed by atoms with Gasteiger partial charge in [-0.05, 0) is 71.8 Å². The van der Waals surface area contributed by atoms with E-state index in [4.69, 9.17) is 19.9 Å². The molecule has 3 aromatic heterocycles. The van der Waals surface area contributed by atoms with Crippen molar-refractivity contribution >= 4 is 32.8 Å². The minimum atomic E-state index is 0.575. The Morgan fingerprint density at radius 1 is 0.310 bits per heavy atom. The predicted molar refractivity (Wildman–Crippen MR) is 236 cm³/mol. The molecular weight excluding hydrogens is 709 g/mol. The van der Waals surface area contributed by atoms with Gasteiger partial charge >= 0.3 is 0 Å². The van der Waals surface area contributed by atoms with Gasteiger partial charge in [-0.15, -0.1) is 0 Å². The summed E-state index contributed by atoms with van der Waals surface area (Å²) in [6.07, 6.45) is 0. The molecule has 272 valence electrons. The first-order valence-corrected chi connectivity index (χ1v) is 19.4. The van der Waals surface area contributed by atoms with E-state index in [0.29, 0.717) is 17.5 Å². The molecule has 0 radical (unpaired) electrons. The van der Waals surface area contributed by atoms with Crippen LogP contribution in [0.15, 0.2) is 206 Å². The molecule has 11 rings (SSSR count). The van der Waals surface area contributed by atoms with E-state index in [1.165, 1.54) is 10.8 Å². The molecule has 0 saturated heterocycles. The van der Waals surface area contributed by atoms with Crippen molar-refractivity contribution in [2.45, 2.75) is 0 Å². The van der Waals surface area contributed by atoms with E-state index in [1.807, 2.05) is 48.5 Å². The maximum Gasteiger partial charge on any atom is 0.164 e. The number of fused-ring (bicyclic) bond motifs is 4. The van der Waals surface area contributed by atoms with Gasteiger partial charge in [0.15, 0.2) is 17.5 Å². The van der Waals surface area contributed by atoms with Gasteiger partial charge < -0.3 is 4.57 Å². The van der Waals surface area contributed by atoms with Crippen molar-refractivity contribution in [3.63, 3.8) is 0 Å². The average Bonchev–Trinajstić information content (AvgIpc) is 3.86. The fourth-order valence-electron chi connectivity index (χ4n) is 8.10. The molecular formula is C52H34N6. The van der Waals surface area contributed by atoms with Crippen LogP contribution in [0.25, 0.3) is 101 Å². The Morgan fingerprint density at radius 2 is 0.810 bits per heavy atom. The van der Waals surface area contributed by atoms with Crippen molar-refractivity contribution in [1.29, 1.82) is 0 Å².